The number of carboxylic acids is 1. The van der Waals surface area contributed by atoms with Crippen LogP contribution in [0.2, 0.25) is 0 Å². The van der Waals surface area contributed by atoms with Gasteiger partial charge in [0.15, 0.2) is 5.13 Å². The first-order valence-corrected chi connectivity index (χ1v) is 7.01. The van der Waals surface area contributed by atoms with Crippen LogP contribution in [0, 0.1) is 11.7 Å². The molecular weight excluding hydrogens is 295 g/mol. The third-order valence-electron chi connectivity index (χ3n) is 2.67. The molecular formula is C14H13FN2O3S. The summed E-state index contributed by atoms with van der Waals surface area (Å²) in [6.07, 6.45) is 0. The molecule has 0 bridgehead atoms. The number of benzene rings is 1. The summed E-state index contributed by atoms with van der Waals surface area (Å²) in [5, 5.41) is 12.0. The molecule has 1 heterocycles. The Morgan fingerprint density at radius 1 is 1.38 bits per heavy atom. The van der Waals surface area contributed by atoms with Gasteiger partial charge in [0.05, 0.1) is 5.69 Å². The molecule has 0 radical (unpaired) electrons. The Labute approximate surface area is 124 Å². The van der Waals surface area contributed by atoms with E-state index in [2.05, 4.69) is 10.3 Å². The number of nitrogens with one attached hydrogen (secondary N) is 1. The molecule has 0 aliphatic rings. The van der Waals surface area contributed by atoms with E-state index in [-0.39, 0.29) is 27.5 Å². The SMILES string of the molecule is CC(C)C(=O)Nc1nc(-c2cccc(F)c2)c(C(=O)O)s1. The lowest BCUT2D eigenvalue weighted by molar-refractivity contribution is -0.118. The molecule has 2 aromatic rings. The van der Waals surface area contributed by atoms with E-state index < -0.39 is 11.8 Å². The summed E-state index contributed by atoms with van der Waals surface area (Å²) in [6.45, 7) is 3.43. The summed E-state index contributed by atoms with van der Waals surface area (Å²) in [6, 6.07) is 5.51. The van der Waals surface area contributed by atoms with Crippen LogP contribution in [0.15, 0.2) is 24.3 Å². The van der Waals surface area contributed by atoms with Gasteiger partial charge >= 0.3 is 5.97 Å². The first-order valence-electron chi connectivity index (χ1n) is 6.19. The first kappa shape index (κ1) is 15.1. The number of carbonyl (C=O) groups is 2. The monoisotopic (exact) mass is 308 g/mol. The van der Waals surface area contributed by atoms with Crippen molar-refractivity contribution in [1.29, 1.82) is 0 Å². The molecule has 21 heavy (non-hydrogen) atoms. The van der Waals surface area contributed by atoms with Gasteiger partial charge in [-0.25, -0.2) is 14.2 Å². The number of aromatic carboxylic acids is 1. The summed E-state index contributed by atoms with van der Waals surface area (Å²) >= 11 is 0.849. The molecule has 7 heteroatoms. The largest absolute Gasteiger partial charge is 0.477 e. The van der Waals surface area contributed by atoms with E-state index in [0.717, 1.165) is 11.3 Å². The molecule has 2 rings (SSSR count). The zero-order chi connectivity index (χ0) is 15.6. The summed E-state index contributed by atoms with van der Waals surface area (Å²) in [7, 11) is 0. The number of thiazole rings is 1. The lowest BCUT2D eigenvalue weighted by Crippen LogP contribution is -2.17. The zero-order valence-corrected chi connectivity index (χ0v) is 12.2. The normalized spacial score (nSPS) is 10.7. The van der Waals surface area contributed by atoms with Gasteiger partial charge in [0.2, 0.25) is 5.91 Å². The van der Waals surface area contributed by atoms with Crippen molar-refractivity contribution < 1.29 is 19.1 Å². The predicted octanol–water partition coefficient (Wildman–Crippen LogP) is 3.24. The number of halogens is 1. The van der Waals surface area contributed by atoms with Crippen molar-refractivity contribution in [2.24, 2.45) is 5.92 Å². The van der Waals surface area contributed by atoms with Crippen molar-refractivity contribution in [2.45, 2.75) is 13.8 Å². The quantitative estimate of drug-likeness (QED) is 0.908. The van der Waals surface area contributed by atoms with Crippen molar-refractivity contribution in [2.75, 3.05) is 5.32 Å². The van der Waals surface area contributed by atoms with Crippen molar-refractivity contribution in [1.82, 2.24) is 4.98 Å². The number of rotatable bonds is 4. The highest BCUT2D eigenvalue weighted by atomic mass is 32.1. The highest BCUT2D eigenvalue weighted by Crippen LogP contribution is 2.31. The smallest absolute Gasteiger partial charge is 0.348 e. The molecule has 0 aliphatic carbocycles. The fraction of sp³-hybridized carbons (Fsp3) is 0.214. The summed E-state index contributed by atoms with van der Waals surface area (Å²) in [5.41, 5.74) is 0.500. The molecule has 110 valence electrons. The third-order valence-corrected chi connectivity index (χ3v) is 3.63. The van der Waals surface area contributed by atoms with Crippen molar-refractivity contribution >= 4 is 28.3 Å². The maximum Gasteiger partial charge on any atom is 0.348 e. The lowest BCUT2D eigenvalue weighted by Gasteiger charge is -2.03. The van der Waals surface area contributed by atoms with Crippen LogP contribution < -0.4 is 5.32 Å². The van der Waals surface area contributed by atoms with Gasteiger partial charge in [-0.05, 0) is 12.1 Å². The Bertz CT molecular complexity index is 697. The predicted molar refractivity (Wildman–Crippen MR) is 77.9 cm³/mol. The van der Waals surface area contributed by atoms with E-state index in [9.17, 15) is 19.1 Å². The number of hydrogen-bond acceptors (Lipinski definition) is 4. The Morgan fingerprint density at radius 2 is 2.10 bits per heavy atom. The van der Waals surface area contributed by atoms with Crippen molar-refractivity contribution in [3.63, 3.8) is 0 Å². The minimum absolute atomic E-state index is 0.0420. The molecule has 0 unspecified atom stereocenters. The molecule has 0 fully saturated rings. The van der Waals surface area contributed by atoms with E-state index >= 15 is 0 Å². The summed E-state index contributed by atoms with van der Waals surface area (Å²) in [5.74, 6) is -2.16. The zero-order valence-electron chi connectivity index (χ0n) is 11.4. The maximum absolute atomic E-state index is 13.3. The molecule has 2 N–H and O–H groups in total. The second kappa shape index (κ2) is 6.01. The Morgan fingerprint density at radius 3 is 2.67 bits per heavy atom. The van der Waals surface area contributed by atoms with Crippen LogP contribution >= 0.6 is 11.3 Å². The van der Waals surface area contributed by atoms with Gasteiger partial charge in [-0.15, -0.1) is 0 Å². The van der Waals surface area contributed by atoms with E-state index in [0.29, 0.717) is 5.56 Å². The second-order valence-corrected chi connectivity index (χ2v) is 5.66. The molecule has 0 saturated carbocycles. The highest BCUT2D eigenvalue weighted by Gasteiger charge is 2.20. The van der Waals surface area contributed by atoms with Gasteiger partial charge in [0.1, 0.15) is 10.7 Å². The van der Waals surface area contributed by atoms with E-state index in [4.69, 9.17) is 0 Å². The Balaban J connectivity index is 2.43. The number of carbonyl (C=O) groups excluding carboxylic acids is 1. The minimum Gasteiger partial charge on any atom is -0.477 e. The van der Waals surface area contributed by atoms with Crippen LogP contribution in [0.3, 0.4) is 0 Å². The van der Waals surface area contributed by atoms with Crippen molar-refractivity contribution in [3.05, 3.63) is 35.0 Å². The molecule has 0 spiro atoms. The van der Waals surface area contributed by atoms with Crippen LogP contribution in [0.25, 0.3) is 11.3 Å². The minimum atomic E-state index is -1.17. The Kier molecular flexibility index (Phi) is 4.32. The fourth-order valence-corrected chi connectivity index (χ4v) is 2.43. The van der Waals surface area contributed by atoms with Gasteiger partial charge in [0.25, 0.3) is 0 Å². The average Bonchev–Trinajstić information content (AvgIpc) is 2.82. The first-order chi connectivity index (χ1) is 9.88. The molecule has 0 saturated heterocycles. The standard InChI is InChI=1S/C14H13FN2O3S/c1-7(2)12(18)17-14-16-10(11(21-14)13(19)20)8-4-3-5-9(15)6-8/h3-7H,1-2H3,(H,19,20)(H,16,17,18). The molecule has 0 atom stereocenters. The van der Waals surface area contributed by atoms with E-state index in [1.165, 1.54) is 18.2 Å². The van der Waals surface area contributed by atoms with Gasteiger partial charge in [-0.1, -0.05) is 37.3 Å². The Hall–Kier alpha value is -2.28. The van der Waals surface area contributed by atoms with E-state index in [1.807, 2.05) is 0 Å². The molecule has 1 aromatic carbocycles. The van der Waals surface area contributed by atoms with Crippen LogP contribution in [0.5, 0.6) is 0 Å². The fourth-order valence-electron chi connectivity index (χ4n) is 1.60. The summed E-state index contributed by atoms with van der Waals surface area (Å²) < 4.78 is 13.3. The topological polar surface area (TPSA) is 79.3 Å². The molecule has 5 nitrogen and oxygen atoms in total. The van der Waals surface area contributed by atoms with Gasteiger partial charge in [0, 0.05) is 11.5 Å². The summed E-state index contributed by atoms with van der Waals surface area (Å²) in [4.78, 5) is 27.0. The second-order valence-electron chi connectivity index (χ2n) is 4.66. The van der Waals surface area contributed by atoms with Crippen LogP contribution in [-0.2, 0) is 4.79 Å². The van der Waals surface area contributed by atoms with Crippen LogP contribution in [-0.4, -0.2) is 22.0 Å². The number of anilines is 1. The number of aromatic nitrogens is 1. The lowest BCUT2D eigenvalue weighted by atomic mass is 10.1. The molecule has 1 amide bonds. The van der Waals surface area contributed by atoms with Gasteiger partial charge in [-0.2, -0.15) is 0 Å². The van der Waals surface area contributed by atoms with Crippen molar-refractivity contribution in [3.8, 4) is 11.3 Å². The van der Waals surface area contributed by atoms with Crippen LogP contribution in [0.1, 0.15) is 23.5 Å². The highest BCUT2D eigenvalue weighted by molar-refractivity contribution is 7.18. The average molecular weight is 308 g/mol. The van der Waals surface area contributed by atoms with Gasteiger partial charge < -0.3 is 10.4 Å². The maximum atomic E-state index is 13.3. The van der Waals surface area contributed by atoms with E-state index in [1.54, 1.807) is 19.9 Å². The van der Waals surface area contributed by atoms with Gasteiger partial charge in [-0.3, -0.25) is 4.79 Å². The number of nitrogens with zero attached hydrogens (tertiary/aromatic N) is 1. The number of hydrogen-bond donors (Lipinski definition) is 2. The molecule has 0 aliphatic heterocycles. The number of amides is 1. The van der Waals surface area contributed by atoms with Crippen LogP contribution in [0.4, 0.5) is 9.52 Å². The molecule has 1 aromatic heterocycles. The number of carboxylic acid groups (broad SMARTS) is 1. The third kappa shape index (κ3) is 3.43.